The Kier molecular flexibility index (Phi) is 8.94. The number of aliphatic hydroxyl groups is 1. The van der Waals surface area contributed by atoms with Gasteiger partial charge in [-0.3, -0.25) is 0 Å². The van der Waals surface area contributed by atoms with Crippen LogP contribution in [0.2, 0.25) is 0 Å². The molecular weight excluding hydrogens is 212 g/mol. The van der Waals surface area contributed by atoms with Crippen molar-refractivity contribution in [3.8, 4) is 0 Å². The summed E-state index contributed by atoms with van der Waals surface area (Å²) in [6.07, 6.45) is 8.60. The van der Waals surface area contributed by atoms with Gasteiger partial charge in [0, 0.05) is 4.24 Å². The fraction of sp³-hybridized carbons (Fsp3) is 0.818. The van der Waals surface area contributed by atoms with Gasteiger partial charge < -0.3 is 5.11 Å². The van der Waals surface area contributed by atoms with E-state index in [1.54, 1.807) is 23.5 Å². The molecule has 0 aliphatic heterocycles. The summed E-state index contributed by atoms with van der Waals surface area (Å²) in [5.41, 5.74) is 1.22. The quantitative estimate of drug-likeness (QED) is 0.675. The molecule has 0 aromatic carbocycles. The van der Waals surface area contributed by atoms with E-state index in [2.05, 4.69) is 19.4 Å². The van der Waals surface area contributed by atoms with Crippen molar-refractivity contribution in [2.75, 3.05) is 12.5 Å². The monoisotopic (exact) mass is 234 g/mol. The molecule has 0 rings (SSSR count). The zero-order valence-electron chi connectivity index (χ0n) is 9.67. The maximum absolute atomic E-state index is 9.66. The van der Waals surface area contributed by atoms with E-state index in [1.807, 2.05) is 6.92 Å². The molecule has 1 unspecified atom stereocenters. The van der Waals surface area contributed by atoms with Crippen LogP contribution in [0.4, 0.5) is 0 Å². The lowest BCUT2D eigenvalue weighted by Gasteiger charge is -2.14. The van der Waals surface area contributed by atoms with Gasteiger partial charge in [0.1, 0.15) is 0 Å². The van der Waals surface area contributed by atoms with E-state index >= 15 is 0 Å². The van der Waals surface area contributed by atoms with Crippen LogP contribution in [0.5, 0.6) is 0 Å². The fourth-order valence-corrected chi connectivity index (χ4v) is 3.13. The Morgan fingerprint density at radius 3 is 2.14 bits per heavy atom. The predicted octanol–water partition coefficient (Wildman–Crippen LogP) is 3.89. The van der Waals surface area contributed by atoms with Crippen molar-refractivity contribution in [3.63, 3.8) is 0 Å². The lowest BCUT2D eigenvalue weighted by molar-refractivity contribution is 0.226. The van der Waals surface area contributed by atoms with Gasteiger partial charge in [-0.25, -0.2) is 0 Å². The minimum atomic E-state index is -0.290. The summed E-state index contributed by atoms with van der Waals surface area (Å²) in [5, 5.41) is 9.66. The van der Waals surface area contributed by atoms with E-state index in [-0.39, 0.29) is 6.10 Å². The second-order valence-corrected chi connectivity index (χ2v) is 5.25. The third-order valence-corrected chi connectivity index (χ3v) is 4.45. The summed E-state index contributed by atoms with van der Waals surface area (Å²) >= 11 is 3.49. The average Bonchev–Trinajstić information content (AvgIpc) is 2.17. The van der Waals surface area contributed by atoms with E-state index in [0.717, 1.165) is 6.42 Å². The first kappa shape index (κ1) is 14.4. The van der Waals surface area contributed by atoms with Crippen molar-refractivity contribution < 1.29 is 5.11 Å². The molecule has 0 aliphatic rings. The van der Waals surface area contributed by atoms with Crippen LogP contribution >= 0.6 is 23.5 Å². The van der Waals surface area contributed by atoms with Gasteiger partial charge in [-0.15, -0.1) is 23.5 Å². The summed E-state index contributed by atoms with van der Waals surface area (Å²) in [7, 11) is 0. The maximum atomic E-state index is 9.66. The standard InChI is InChI=1S/C11H22OS2/c1-5-6-7-8-10(9(2)12)11(13-3)14-4/h9,12H,5-8H2,1-4H3. The minimum Gasteiger partial charge on any atom is -0.389 e. The Morgan fingerprint density at radius 2 is 1.79 bits per heavy atom. The van der Waals surface area contributed by atoms with E-state index < -0.39 is 0 Å². The largest absolute Gasteiger partial charge is 0.389 e. The molecule has 0 fully saturated rings. The second kappa shape index (κ2) is 8.69. The minimum absolute atomic E-state index is 0.290. The molecule has 0 aromatic rings. The summed E-state index contributed by atoms with van der Waals surface area (Å²) in [5.74, 6) is 0. The Hall–Kier alpha value is 0.400. The van der Waals surface area contributed by atoms with Crippen LogP contribution in [0.25, 0.3) is 0 Å². The van der Waals surface area contributed by atoms with Crippen molar-refractivity contribution in [3.05, 3.63) is 9.81 Å². The molecule has 0 aliphatic carbocycles. The number of aliphatic hydroxyl groups excluding tert-OH is 1. The van der Waals surface area contributed by atoms with Gasteiger partial charge in [0.25, 0.3) is 0 Å². The van der Waals surface area contributed by atoms with Crippen LogP contribution < -0.4 is 0 Å². The van der Waals surface area contributed by atoms with Crippen LogP contribution in [-0.2, 0) is 0 Å². The molecule has 1 nitrogen and oxygen atoms in total. The molecule has 0 aromatic heterocycles. The van der Waals surface area contributed by atoms with Crippen molar-refractivity contribution in [1.82, 2.24) is 0 Å². The molecule has 0 radical (unpaired) electrons. The highest BCUT2D eigenvalue weighted by Crippen LogP contribution is 2.31. The molecule has 0 bridgehead atoms. The van der Waals surface area contributed by atoms with E-state index in [9.17, 15) is 5.11 Å². The van der Waals surface area contributed by atoms with E-state index in [4.69, 9.17) is 0 Å². The highest BCUT2D eigenvalue weighted by molar-refractivity contribution is 8.21. The third kappa shape index (κ3) is 5.32. The zero-order valence-corrected chi connectivity index (χ0v) is 11.3. The van der Waals surface area contributed by atoms with Crippen LogP contribution in [0.15, 0.2) is 9.81 Å². The number of hydrogen-bond donors (Lipinski definition) is 1. The summed E-state index contributed by atoms with van der Waals surface area (Å²) in [4.78, 5) is 0. The van der Waals surface area contributed by atoms with Crippen molar-refractivity contribution >= 4 is 23.5 Å². The topological polar surface area (TPSA) is 20.2 Å². The molecule has 0 heterocycles. The SMILES string of the molecule is CCCCCC(=C(SC)SC)C(C)O. The van der Waals surface area contributed by atoms with E-state index in [1.165, 1.54) is 29.1 Å². The average molecular weight is 234 g/mol. The van der Waals surface area contributed by atoms with Gasteiger partial charge in [-0.2, -0.15) is 0 Å². The highest BCUT2D eigenvalue weighted by atomic mass is 32.2. The normalized spacial score (nSPS) is 12.6. The molecule has 1 N–H and O–H groups in total. The number of thioether (sulfide) groups is 2. The molecular formula is C11H22OS2. The molecule has 0 saturated carbocycles. The van der Waals surface area contributed by atoms with Gasteiger partial charge in [0.15, 0.2) is 0 Å². The summed E-state index contributed by atoms with van der Waals surface area (Å²) in [6.45, 7) is 4.07. The Labute approximate surface area is 96.7 Å². The van der Waals surface area contributed by atoms with Gasteiger partial charge in [-0.05, 0) is 37.9 Å². The molecule has 3 heteroatoms. The molecule has 1 atom stereocenters. The number of unbranched alkanes of at least 4 members (excludes halogenated alkanes) is 2. The Balaban J connectivity index is 4.33. The first-order chi connectivity index (χ1) is 6.67. The van der Waals surface area contributed by atoms with Gasteiger partial charge in [0.2, 0.25) is 0 Å². The van der Waals surface area contributed by atoms with Gasteiger partial charge >= 0.3 is 0 Å². The van der Waals surface area contributed by atoms with E-state index in [0.29, 0.717) is 0 Å². The third-order valence-electron chi connectivity index (χ3n) is 2.19. The second-order valence-electron chi connectivity index (χ2n) is 3.35. The molecule has 0 saturated heterocycles. The molecule has 14 heavy (non-hydrogen) atoms. The number of hydrogen-bond acceptors (Lipinski definition) is 3. The maximum Gasteiger partial charge on any atom is 0.0740 e. The Morgan fingerprint density at radius 1 is 1.21 bits per heavy atom. The first-order valence-electron chi connectivity index (χ1n) is 5.16. The smallest absolute Gasteiger partial charge is 0.0740 e. The van der Waals surface area contributed by atoms with Gasteiger partial charge in [-0.1, -0.05) is 19.8 Å². The summed E-state index contributed by atoms with van der Waals surface area (Å²) in [6, 6.07) is 0. The van der Waals surface area contributed by atoms with Crippen molar-refractivity contribution in [2.24, 2.45) is 0 Å². The first-order valence-corrected chi connectivity index (χ1v) is 7.61. The number of rotatable bonds is 7. The van der Waals surface area contributed by atoms with Crippen molar-refractivity contribution in [1.29, 1.82) is 0 Å². The predicted molar refractivity (Wildman–Crippen MR) is 69.9 cm³/mol. The lowest BCUT2D eigenvalue weighted by Crippen LogP contribution is -2.06. The van der Waals surface area contributed by atoms with Crippen LogP contribution in [0, 0.1) is 0 Å². The lowest BCUT2D eigenvalue weighted by atomic mass is 10.1. The van der Waals surface area contributed by atoms with Crippen LogP contribution in [-0.4, -0.2) is 23.7 Å². The van der Waals surface area contributed by atoms with Crippen LogP contribution in [0.1, 0.15) is 39.5 Å². The molecule has 84 valence electrons. The fourth-order valence-electron chi connectivity index (χ4n) is 1.39. The molecule has 0 amide bonds. The molecule has 0 spiro atoms. The van der Waals surface area contributed by atoms with Crippen LogP contribution in [0.3, 0.4) is 0 Å². The zero-order chi connectivity index (χ0) is 11.0. The van der Waals surface area contributed by atoms with Crippen molar-refractivity contribution in [2.45, 2.75) is 45.6 Å². The van der Waals surface area contributed by atoms with Gasteiger partial charge in [0.05, 0.1) is 6.10 Å². The summed E-state index contributed by atoms with van der Waals surface area (Å²) < 4.78 is 1.29. The Bertz CT molecular complexity index is 170. The highest BCUT2D eigenvalue weighted by Gasteiger charge is 2.10.